The zero-order valence-electron chi connectivity index (χ0n) is 17.1. The SMILES string of the molecule is CCc1cc2c([cH-]c3ccccc32)c(C2=CC=CC2)c1CC.C[Si](C)=[Zr+2].[Cl-].[Cl-]. The Morgan fingerprint density at radius 2 is 1.71 bits per heavy atom. The van der Waals surface area contributed by atoms with Crippen molar-refractivity contribution in [1.29, 1.82) is 0 Å². The molecule has 4 rings (SSSR count). The Bertz CT molecular complexity index is 1020. The van der Waals surface area contributed by atoms with Gasteiger partial charge in [-0.1, -0.05) is 78.6 Å². The van der Waals surface area contributed by atoms with Gasteiger partial charge in [-0.3, -0.25) is 0 Å². The molecule has 0 saturated heterocycles. The molecule has 0 atom stereocenters. The maximum absolute atomic E-state index is 2.43. The van der Waals surface area contributed by atoms with Crippen molar-refractivity contribution < 1.29 is 48.1 Å². The van der Waals surface area contributed by atoms with Crippen molar-refractivity contribution >= 4 is 32.6 Å². The first kappa shape index (κ1) is 25.5. The number of hydrogen-bond acceptors (Lipinski definition) is 0. The summed E-state index contributed by atoms with van der Waals surface area (Å²) in [4.78, 5) is 0. The molecule has 4 heteroatoms. The number of aryl methyl sites for hydroxylation is 1. The summed E-state index contributed by atoms with van der Waals surface area (Å²) in [7, 11) is 0. The number of halogens is 2. The number of allylic oxidation sites excluding steroid dienone is 4. The van der Waals surface area contributed by atoms with Gasteiger partial charge in [0.05, 0.1) is 0 Å². The molecule has 1 aliphatic rings. The fraction of sp³-hybridized carbons (Fsp3) is 0.292. The Balaban J connectivity index is 0.000000601. The van der Waals surface area contributed by atoms with Crippen LogP contribution in [0.3, 0.4) is 0 Å². The second-order valence-corrected chi connectivity index (χ2v) is 16.5. The van der Waals surface area contributed by atoms with Crippen LogP contribution in [-0.2, 0) is 36.2 Å². The van der Waals surface area contributed by atoms with E-state index in [1.807, 2.05) is 0 Å². The van der Waals surface area contributed by atoms with Crippen LogP contribution < -0.4 is 24.8 Å². The van der Waals surface area contributed by atoms with Gasteiger partial charge in [-0.2, -0.15) is 0 Å². The van der Waals surface area contributed by atoms with Crippen molar-refractivity contribution in [2.45, 2.75) is 46.2 Å². The molecule has 0 bridgehead atoms. The van der Waals surface area contributed by atoms with Gasteiger partial charge in [0.25, 0.3) is 0 Å². The van der Waals surface area contributed by atoms with Gasteiger partial charge >= 0.3 is 41.9 Å². The van der Waals surface area contributed by atoms with Gasteiger partial charge in [0.2, 0.25) is 0 Å². The smallest absolute Gasteiger partial charge is 1.00 e. The quantitative estimate of drug-likeness (QED) is 0.368. The molecule has 0 amide bonds. The second kappa shape index (κ2) is 11.6. The van der Waals surface area contributed by atoms with Crippen LogP contribution >= 0.6 is 0 Å². The molecule has 0 aromatic heterocycles. The summed E-state index contributed by atoms with van der Waals surface area (Å²) in [5.41, 5.74) is 6.24. The molecule has 1 aliphatic carbocycles. The standard InChI is InChI=1S/C22H21.C2H6Si.2ClH.Zr/c1-3-15-13-20-19-12-8-7-11-17(19)14-21(20)22(18(15)4-2)16-9-5-6-10-16;1-3-2;;;/h5-9,11-14H,3-4,10H2,1-2H3;1-2H3;2*1H;/q-1;;;;+2/p-2. The molecular formula is C24H27Cl2SiZr-. The van der Waals surface area contributed by atoms with Crippen LogP contribution in [0.15, 0.2) is 54.6 Å². The van der Waals surface area contributed by atoms with E-state index in [1.165, 1.54) is 38.2 Å². The first-order valence-electron chi connectivity index (χ1n) is 9.57. The fourth-order valence-corrected chi connectivity index (χ4v) is 3.91. The molecule has 0 saturated carbocycles. The normalized spacial score (nSPS) is 12.1. The Labute approximate surface area is 197 Å². The molecule has 0 aliphatic heterocycles. The Morgan fingerprint density at radius 3 is 2.29 bits per heavy atom. The van der Waals surface area contributed by atoms with Crippen LogP contribution in [0.4, 0.5) is 0 Å². The van der Waals surface area contributed by atoms with E-state index in [0.717, 1.165) is 19.3 Å². The summed E-state index contributed by atoms with van der Waals surface area (Å²) in [6.07, 6.45) is 10.0. The van der Waals surface area contributed by atoms with Gasteiger partial charge in [-0.15, -0.1) is 33.7 Å². The van der Waals surface area contributed by atoms with E-state index in [9.17, 15) is 0 Å². The molecule has 0 spiro atoms. The number of hydrogen-bond donors (Lipinski definition) is 0. The average molecular weight is 506 g/mol. The van der Waals surface area contributed by atoms with E-state index in [4.69, 9.17) is 0 Å². The summed E-state index contributed by atoms with van der Waals surface area (Å²) >= 11 is 1.74. The summed E-state index contributed by atoms with van der Waals surface area (Å²) in [6.45, 7) is 9.18. The van der Waals surface area contributed by atoms with E-state index in [2.05, 4.69) is 81.6 Å². The third kappa shape index (κ3) is 5.33. The summed E-state index contributed by atoms with van der Waals surface area (Å²) in [5, 5.41) is 5.61. The van der Waals surface area contributed by atoms with Crippen molar-refractivity contribution in [2.75, 3.05) is 0 Å². The van der Waals surface area contributed by atoms with Crippen molar-refractivity contribution in [3.05, 3.63) is 71.3 Å². The number of fused-ring (bicyclic) bond motifs is 3. The van der Waals surface area contributed by atoms with Crippen LogP contribution in [0.5, 0.6) is 0 Å². The number of benzene rings is 2. The molecule has 0 radical (unpaired) electrons. The second-order valence-electron chi connectivity index (χ2n) is 7.11. The summed E-state index contributed by atoms with van der Waals surface area (Å²) in [6, 6.07) is 13.6. The van der Waals surface area contributed by atoms with Crippen LogP contribution in [0.25, 0.3) is 27.1 Å². The minimum atomic E-state index is 0. The van der Waals surface area contributed by atoms with Crippen LogP contribution in [0, 0.1) is 0 Å². The number of rotatable bonds is 3. The predicted octanol–water partition coefficient (Wildman–Crippen LogP) is 0.972. The Kier molecular flexibility index (Phi) is 10.6. The van der Waals surface area contributed by atoms with E-state index in [0.29, 0.717) is 0 Å². The molecular weight excluding hydrogens is 478 g/mol. The Hall–Kier alpha value is -0.530. The average Bonchev–Trinajstić information content (AvgIpc) is 3.27. The zero-order valence-corrected chi connectivity index (χ0v) is 22.0. The monoisotopic (exact) mass is 503 g/mol. The maximum atomic E-state index is 2.43. The molecule has 3 aromatic rings. The minimum Gasteiger partial charge on any atom is -1.00 e. The van der Waals surface area contributed by atoms with Crippen molar-refractivity contribution in [1.82, 2.24) is 0 Å². The first-order valence-corrected chi connectivity index (χ1v) is 15.8. The van der Waals surface area contributed by atoms with E-state index < -0.39 is 0 Å². The summed E-state index contributed by atoms with van der Waals surface area (Å²) < 4.78 is 0. The van der Waals surface area contributed by atoms with Crippen LogP contribution in [0.2, 0.25) is 13.1 Å². The molecule has 0 heterocycles. The fourth-order valence-electron chi connectivity index (χ4n) is 3.91. The molecule has 0 N–H and O–H groups in total. The van der Waals surface area contributed by atoms with Crippen molar-refractivity contribution in [2.24, 2.45) is 0 Å². The predicted molar refractivity (Wildman–Crippen MR) is 115 cm³/mol. The van der Waals surface area contributed by atoms with E-state index in [-0.39, 0.29) is 30.2 Å². The van der Waals surface area contributed by atoms with Crippen molar-refractivity contribution in [3.63, 3.8) is 0 Å². The van der Waals surface area contributed by atoms with Gasteiger partial charge in [0.1, 0.15) is 0 Å². The van der Waals surface area contributed by atoms with Crippen LogP contribution in [-0.4, -0.2) is 5.43 Å². The van der Waals surface area contributed by atoms with E-state index in [1.54, 1.807) is 28.9 Å². The third-order valence-electron chi connectivity index (χ3n) is 4.95. The van der Waals surface area contributed by atoms with Gasteiger partial charge in [0, 0.05) is 0 Å². The molecule has 28 heavy (non-hydrogen) atoms. The molecule has 146 valence electrons. The van der Waals surface area contributed by atoms with E-state index >= 15 is 0 Å². The molecule has 0 fully saturated rings. The van der Waals surface area contributed by atoms with Gasteiger partial charge in [-0.05, 0) is 19.3 Å². The minimum absolute atomic E-state index is 0. The topological polar surface area (TPSA) is 0 Å². The zero-order chi connectivity index (χ0) is 18.7. The van der Waals surface area contributed by atoms with Gasteiger partial charge in [0.15, 0.2) is 0 Å². The van der Waals surface area contributed by atoms with Crippen molar-refractivity contribution in [3.8, 4) is 0 Å². The Morgan fingerprint density at radius 1 is 1.04 bits per heavy atom. The molecule has 0 unspecified atom stereocenters. The summed E-state index contributed by atoms with van der Waals surface area (Å²) in [5.74, 6) is 0. The first-order chi connectivity index (χ1) is 12.6. The largest absolute Gasteiger partial charge is 1.00 e. The van der Waals surface area contributed by atoms with Crippen LogP contribution in [0.1, 0.15) is 37.0 Å². The molecule has 0 nitrogen and oxygen atoms in total. The third-order valence-corrected chi connectivity index (χ3v) is 4.95. The van der Waals surface area contributed by atoms with Gasteiger partial charge < -0.3 is 24.8 Å². The molecule has 3 aromatic carbocycles. The van der Waals surface area contributed by atoms with Gasteiger partial charge in [-0.25, -0.2) is 0 Å². The maximum Gasteiger partial charge on any atom is -1.00 e.